The largest absolute Gasteiger partial charge is 0.372 e. The van der Waals surface area contributed by atoms with Gasteiger partial charge in [-0.15, -0.1) is 5.10 Å². The number of hydrogen-bond acceptors (Lipinski definition) is 6. The molecule has 1 saturated heterocycles. The standard InChI is InChI=1S/C19H20N6O2/c26-19(16-5-7-17(8-6-16)25-14-21-22-23-25)24-10-2-4-18(12-24)27-13-15-3-1-9-20-11-15/h1,3,5-9,11,14,18H,2,4,10,12-13H2/t18-/m1/s1. The second kappa shape index (κ2) is 8.05. The highest BCUT2D eigenvalue weighted by atomic mass is 16.5. The summed E-state index contributed by atoms with van der Waals surface area (Å²) < 4.78 is 7.55. The van der Waals surface area contributed by atoms with Crippen LogP contribution >= 0.6 is 0 Å². The van der Waals surface area contributed by atoms with E-state index in [1.807, 2.05) is 29.2 Å². The van der Waals surface area contributed by atoms with Gasteiger partial charge in [0.05, 0.1) is 18.4 Å². The normalized spacial score (nSPS) is 17.0. The highest BCUT2D eigenvalue weighted by Gasteiger charge is 2.25. The fourth-order valence-electron chi connectivity index (χ4n) is 3.18. The van der Waals surface area contributed by atoms with E-state index < -0.39 is 0 Å². The molecule has 1 atom stereocenters. The molecule has 1 fully saturated rings. The van der Waals surface area contributed by atoms with E-state index in [4.69, 9.17) is 4.74 Å². The van der Waals surface area contributed by atoms with Gasteiger partial charge in [0.2, 0.25) is 0 Å². The van der Waals surface area contributed by atoms with Gasteiger partial charge in [0.15, 0.2) is 0 Å². The summed E-state index contributed by atoms with van der Waals surface area (Å²) in [5, 5.41) is 11.1. The van der Waals surface area contributed by atoms with Gasteiger partial charge in [0.1, 0.15) is 6.33 Å². The van der Waals surface area contributed by atoms with Crippen LogP contribution in [0.15, 0.2) is 55.1 Å². The number of rotatable bonds is 5. The number of pyridine rings is 1. The van der Waals surface area contributed by atoms with E-state index in [1.54, 1.807) is 29.2 Å². The van der Waals surface area contributed by atoms with Crippen molar-refractivity contribution in [2.24, 2.45) is 0 Å². The van der Waals surface area contributed by atoms with E-state index >= 15 is 0 Å². The summed E-state index contributed by atoms with van der Waals surface area (Å²) in [6.07, 6.45) is 7.01. The Hall–Kier alpha value is -3.13. The lowest BCUT2D eigenvalue weighted by molar-refractivity contribution is -0.00681. The maximum atomic E-state index is 12.8. The summed E-state index contributed by atoms with van der Waals surface area (Å²) in [6, 6.07) is 11.2. The maximum absolute atomic E-state index is 12.8. The first kappa shape index (κ1) is 17.3. The third kappa shape index (κ3) is 4.17. The van der Waals surface area contributed by atoms with Crippen LogP contribution in [0.2, 0.25) is 0 Å². The van der Waals surface area contributed by atoms with E-state index in [0.717, 1.165) is 30.6 Å². The molecule has 3 heterocycles. The summed E-state index contributed by atoms with van der Waals surface area (Å²) in [5.41, 5.74) is 2.51. The molecular weight excluding hydrogens is 344 g/mol. The molecule has 2 aromatic heterocycles. The quantitative estimate of drug-likeness (QED) is 0.687. The number of aromatic nitrogens is 5. The van der Waals surface area contributed by atoms with Gasteiger partial charge in [-0.05, 0) is 59.2 Å². The zero-order valence-electron chi connectivity index (χ0n) is 14.8. The first-order valence-corrected chi connectivity index (χ1v) is 8.93. The van der Waals surface area contributed by atoms with Crippen LogP contribution in [0.4, 0.5) is 0 Å². The van der Waals surface area contributed by atoms with E-state index in [2.05, 4.69) is 20.5 Å². The number of tetrazole rings is 1. The van der Waals surface area contributed by atoms with Crippen LogP contribution in [-0.4, -0.2) is 55.2 Å². The number of benzene rings is 1. The molecule has 0 bridgehead atoms. The topological polar surface area (TPSA) is 86.0 Å². The van der Waals surface area contributed by atoms with Gasteiger partial charge in [-0.25, -0.2) is 4.68 Å². The smallest absolute Gasteiger partial charge is 0.253 e. The average Bonchev–Trinajstić information content (AvgIpc) is 3.28. The molecule has 1 amide bonds. The van der Waals surface area contributed by atoms with Gasteiger partial charge in [-0.3, -0.25) is 9.78 Å². The van der Waals surface area contributed by atoms with Gasteiger partial charge >= 0.3 is 0 Å². The molecular formula is C19H20N6O2. The lowest BCUT2D eigenvalue weighted by Gasteiger charge is -2.32. The Morgan fingerprint density at radius 1 is 1.22 bits per heavy atom. The highest BCUT2D eigenvalue weighted by molar-refractivity contribution is 5.94. The minimum absolute atomic E-state index is 0.0212. The number of carbonyl (C=O) groups excluding carboxylic acids is 1. The van der Waals surface area contributed by atoms with Gasteiger partial charge in [0, 0.05) is 31.0 Å². The molecule has 8 nitrogen and oxygen atoms in total. The molecule has 0 saturated carbocycles. The Bertz CT molecular complexity index is 867. The SMILES string of the molecule is O=C(c1ccc(-n2cnnn2)cc1)N1CCC[C@@H](OCc2cccnc2)C1. The van der Waals surface area contributed by atoms with Crippen LogP contribution < -0.4 is 0 Å². The van der Waals surface area contributed by atoms with Crippen molar-refractivity contribution in [2.45, 2.75) is 25.6 Å². The van der Waals surface area contributed by atoms with Crippen molar-refractivity contribution in [1.29, 1.82) is 0 Å². The van der Waals surface area contributed by atoms with Crippen LogP contribution in [0, 0.1) is 0 Å². The lowest BCUT2D eigenvalue weighted by Crippen LogP contribution is -2.43. The molecule has 27 heavy (non-hydrogen) atoms. The van der Waals surface area contributed by atoms with Crippen molar-refractivity contribution in [1.82, 2.24) is 30.1 Å². The molecule has 0 unspecified atom stereocenters. The molecule has 1 aliphatic rings. The van der Waals surface area contributed by atoms with Crippen molar-refractivity contribution in [3.05, 3.63) is 66.2 Å². The Balaban J connectivity index is 1.36. The number of nitrogens with zero attached hydrogens (tertiary/aromatic N) is 6. The van der Waals surface area contributed by atoms with Gasteiger partial charge in [0.25, 0.3) is 5.91 Å². The van der Waals surface area contributed by atoms with Crippen LogP contribution in [0.25, 0.3) is 5.69 Å². The monoisotopic (exact) mass is 364 g/mol. The minimum atomic E-state index is 0.0212. The zero-order chi connectivity index (χ0) is 18.5. The van der Waals surface area contributed by atoms with Crippen molar-refractivity contribution < 1.29 is 9.53 Å². The predicted molar refractivity (Wildman–Crippen MR) is 97.1 cm³/mol. The van der Waals surface area contributed by atoms with E-state index in [9.17, 15) is 4.79 Å². The van der Waals surface area contributed by atoms with Crippen LogP contribution in [0.5, 0.6) is 0 Å². The first-order valence-electron chi connectivity index (χ1n) is 8.93. The summed E-state index contributed by atoms with van der Waals surface area (Å²) in [6.45, 7) is 1.87. The van der Waals surface area contributed by atoms with E-state index in [0.29, 0.717) is 18.7 Å². The maximum Gasteiger partial charge on any atom is 0.253 e. The Labute approximate surface area is 156 Å². The molecule has 8 heteroatoms. The zero-order valence-corrected chi connectivity index (χ0v) is 14.8. The molecule has 4 rings (SSSR count). The number of carbonyl (C=O) groups is 1. The minimum Gasteiger partial charge on any atom is -0.372 e. The van der Waals surface area contributed by atoms with E-state index in [1.165, 1.54) is 6.33 Å². The second-order valence-corrected chi connectivity index (χ2v) is 6.49. The van der Waals surface area contributed by atoms with Gasteiger partial charge in [-0.1, -0.05) is 6.07 Å². The number of hydrogen-bond donors (Lipinski definition) is 0. The third-order valence-corrected chi connectivity index (χ3v) is 4.60. The van der Waals surface area contributed by atoms with Crippen molar-refractivity contribution in [3.63, 3.8) is 0 Å². The molecule has 1 aromatic carbocycles. The van der Waals surface area contributed by atoms with Crippen molar-refractivity contribution >= 4 is 5.91 Å². The summed E-state index contributed by atoms with van der Waals surface area (Å²) >= 11 is 0. The molecule has 0 N–H and O–H groups in total. The number of ether oxygens (including phenoxy) is 1. The fraction of sp³-hybridized carbons (Fsp3) is 0.316. The average molecular weight is 364 g/mol. The fourth-order valence-corrected chi connectivity index (χ4v) is 3.18. The Morgan fingerprint density at radius 2 is 2.11 bits per heavy atom. The Kier molecular flexibility index (Phi) is 5.15. The summed E-state index contributed by atoms with van der Waals surface area (Å²) in [4.78, 5) is 18.8. The van der Waals surface area contributed by atoms with Crippen LogP contribution in [0.1, 0.15) is 28.8 Å². The van der Waals surface area contributed by atoms with Gasteiger partial charge < -0.3 is 9.64 Å². The number of piperidine rings is 1. The summed E-state index contributed by atoms with van der Waals surface area (Å²) in [7, 11) is 0. The molecule has 3 aromatic rings. The molecule has 0 aliphatic carbocycles. The predicted octanol–water partition coefficient (Wildman–Crippen LogP) is 1.88. The van der Waals surface area contributed by atoms with Crippen LogP contribution in [0.3, 0.4) is 0 Å². The summed E-state index contributed by atoms with van der Waals surface area (Å²) in [5.74, 6) is 0.0212. The molecule has 1 aliphatic heterocycles. The second-order valence-electron chi connectivity index (χ2n) is 6.49. The molecule has 138 valence electrons. The van der Waals surface area contributed by atoms with Crippen molar-refractivity contribution in [2.75, 3.05) is 13.1 Å². The highest BCUT2D eigenvalue weighted by Crippen LogP contribution is 2.18. The van der Waals surface area contributed by atoms with Crippen molar-refractivity contribution in [3.8, 4) is 5.69 Å². The lowest BCUT2D eigenvalue weighted by atomic mass is 10.1. The Morgan fingerprint density at radius 3 is 2.85 bits per heavy atom. The van der Waals surface area contributed by atoms with Gasteiger partial charge in [-0.2, -0.15) is 0 Å². The first-order chi connectivity index (χ1) is 13.3. The van der Waals surface area contributed by atoms with Crippen LogP contribution in [-0.2, 0) is 11.3 Å². The molecule has 0 radical (unpaired) electrons. The number of likely N-dealkylation sites (tertiary alicyclic amines) is 1. The van der Waals surface area contributed by atoms with E-state index in [-0.39, 0.29) is 12.0 Å². The number of amides is 1. The molecule has 0 spiro atoms. The third-order valence-electron chi connectivity index (χ3n) is 4.60.